The van der Waals surface area contributed by atoms with Gasteiger partial charge in [0, 0.05) is 39.3 Å². The van der Waals surface area contributed by atoms with E-state index in [0.29, 0.717) is 38.9 Å². The van der Waals surface area contributed by atoms with E-state index in [-0.39, 0.29) is 29.7 Å². The number of likely N-dealkylation sites (N-methyl/N-ethyl adjacent to an activating group) is 1. The molecule has 8 nitrogen and oxygen atoms in total. The van der Waals surface area contributed by atoms with Gasteiger partial charge in [-0.25, -0.2) is 8.42 Å². The van der Waals surface area contributed by atoms with Crippen molar-refractivity contribution in [2.45, 2.75) is 38.1 Å². The maximum absolute atomic E-state index is 12.8. The molecule has 0 aromatic heterocycles. The number of hydrogen-bond donors (Lipinski definition) is 2. The highest BCUT2D eigenvalue weighted by molar-refractivity contribution is 14.0. The van der Waals surface area contributed by atoms with Crippen LogP contribution in [-0.2, 0) is 27.1 Å². The Bertz CT molecular complexity index is 815. The quantitative estimate of drug-likeness (QED) is 0.283. The molecule has 0 saturated carbocycles. The molecular weight excluding hydrogens is 529 g/mol. The van der Waals surface area contributed by atoms with Crippen molar-refractivity contribution in [1.29, 1.82) is 0 Å². The Labute approximate surface area is 203 Å². The molecule has 0 spiro atoms. The smallest absolute Gasteiger partial charge is 0.218 e. The van der Waals surface area contributed by atoms with Crippen molar-refractivity contribution in [1.82, 2.24) is 19.8 Å². The molecule has 1 aromatic rings. The van der Waals surface area contributed by atoms with Gasteiger partial charge in [0.25, 0.3) is 0 Å². The minimum absolute atomic E-state index is 0. The summed E-state index contributed by atoms with van der Waals surface area (Å²) in [5.74, 6) is 0.744. The van der Waals surface area contributed by atoms with Gasteiger partial charge in [-0.05, 0) is 37.1 Å². The van der Waals surface area contributed by atoms with Crippen LogP contribution in [0.2, 0.25) is 0 Å². The summed E-state index contributed by atoms with van der Waals surface area (Å²) in [7, 11) is -1.60. The zero-order valence-electron chi connectivity index (χ0n) is 18.5. The molecular formula is C21H36IN5O3S. The second-order valence-electron chi connectivity index (χ2n) is 7.77. The summed E-state index contributed by atoms with van der Waals surface area (Å²) in [4.78, 5) is 6.82. The van der Waals surface area contributed by atoms with Crippen molar-refractivity contribution >= 4 is 40.0 Å². The van der Waals surface area contributed by atoms with Gasteiger partial charge in [-0.3, -0.25) is 9.89 Å². The van der Waals surface area contributed by atoms with Crippen LogP contribution in [0.15, 0.2) is 29.3 Å². The molecule has 1 aromatic carbocycles. The number of nitrogens with one attached hydrogen (secondary N) is 2. The molecule has 1 atom stereocenters. The first-order valence-corrected chi connectivity index (χ1v) is 12.5. The molecule has 2 aliphatic heterocycles. The Morgan fingerprint density at radius 2 is 1.87 bits per heavy atom. The van der Waals surface area contributed by atoms with Crippen molar-refractivity contribution in [3.8, 4) is 0 Å². The average Bonchev–Trinajstić information content (AvgIpc) is 3.23. The predicted octanol–water partition coefficient (Wildman–Crippen LogP) is 1.62. The van der Waals surface area contributed by atoms with E-state index in [4.69, 9.17) is 4.74 Å². The van der Waals surface area contributed by atoms with Crippen LogP contribution in [0, 0.1) is 0 Å². The Kier molecular flexibility index (Phi) is 11.0. The van der Waals surface area contributed by atoms with Gasteiger partial charge < -0.3 is 15.4 Å². The number of ether oxygens (including phenoxy) is 1. The molecule has 3 rings (SSSR count). The fraction of sp³-hybridized carbons (Fsp3) is 0.667. The molecule has 2 fully saturated rings. The number of morpholine rings is 1. The van der Waals surface area contributed by atoms with E-state index in [9.17, 15) is 8.42 Å². The van der Waals surface area contributed by atoms with Crippen molar-refractivity contribution < 1.29 is 13.2 Å². The maximum Gasteiger partial charge on any atom is 0.218 e. The number of guanidine groups is 1. The number of likely N-dealkylation sites (tertiary alicyclic amines) is 1. The van der Waals surface area contributed by atoms with Gasteiger partial charge in [-0.1, -0.05) is 31.2 Å². The summed E-state index contributed by atoms with van der Waals surface area (Å²) in [5, 5.41) is 6.76. The lowest BCUT2D eigenvalue weighted by Crippen LogP contribution is -2.44. The fourth-order valence-corrected chi connectivity index (χ4v) is 5.70. The molecule has 2 aliphatic rings. The third-order valence-corrected chi connectivity index (χ3v) is 7.73. The Hall–Kier alpha value is -0.950. The Balaban J connectivity index is 0.00000341. The number of halogens is 1. The SMILES string of the molecule is CCN1CCCC1CNC(=NC)NCc1ccccc1CS(=O)(=O)N1CCOCC1.I. The summed E-state index contributed by atoms with van der Waals surface area (Å²) < 4.78 is 32.4. The molecule has 1 unspecified atom stereocenters. The normalized spacial score (nSPS) is 21.0. The Morgan fingerprint density at radius 3 is 2.55 bits per heavy atom. The zero-order chi connectivity index (χ0) is 21.4. The van der Waals surface area contributed by atoms with Crippen LogP contribution in [0.4, 0.5) is 0 Å². The van der Waals surface area contributed by atoms with E-state index < -0.39 is 10.0 Å². The van der Waals surface area contributed by atoms with E-state index in [2.05, 4.69) is 27.4 Å². The maximum atomic E-state index is 12.8. The molecule has 2 N–H and O–H groups in total. The molecule has 10 heteroatoms. The van der Waals surface area contributed by atoms with Gasteiger partial charge in [-0.15, -0.1) is 24.0 Å². The highest BCUT2D eigenvalue weighted by atomic mass is 127. The highest BCUT2D eigenvalue weighted by Gasteiger charge is 2.25. The summed E-state index contributed by atoms with van der Waals surface area (Å²) >= 11 is 0. The summed E-state index contributed by atoms with van der Waals surface area (Å²) in [6, 6.07) is 8.23. The summed E-state index contributed by atoms with van der Waals surface area (Å²) in [5.41, 5.74) is 1.79. The number of hydrogen-bond acceptors (Lipinski definition) is 5. The lowest BCUT2D eigenvalue weighted by Gasteiger charge is -2.26. The zero-order valence-corrected chi connectivity index (χ0v) is 21.7. The molecule has 176 valence electrons. The number of benzene rings is 1. The molecule has 0 amide bonds. The van der Waals surface area contributed by atoms with Crippen LogP contribution >= 0.6 is 24.0 Å². The van der Waals surface area contributed by atoms with Gasteiger partial charge in [0.15, 0.2) is 5.96 Å². The molecule has 2 saturated heterocycles. The first kappa shape index (κ1) is 26.3. The largest absolute Gasteiger partial charge is 0.379 e. The van der Waals surface area contributed by atoms with Gasteiger partial charge in [0.2, 0.25) is 10.0 Å². The monoisotopic (exact) mass is 565 g/mol. The topological polar surface area (TPSA) is 86.3 Å². The van der Waals surface area contributed by atoms with Gasteiger partial charge >= 0.3 is 0 Å². The van der Waals surface area contributed by atoms with Crippen LogP contribution < -0.4 is 10.6 Å². The molecule has 2 heterocycles. The van der Waals surface area contributed by atoms with Crippen molar-refractivity contribution in [3.63, 3.8) is 0 Å². The van der Waals surface area contributed by atoms with E-state index in [1.807, 2.05) is 24.3 Å². The van der Waals surface area contributed by atoms with Gasteiger partial charge in [-0.2, -0.15) is 4.31 Å². The molecule has 0 aliphatic carbocycles. The standard InChI is InChI=1S/C21H35N5O3S.HI/c1-3-25-10-6-9-20(25)16-24-21(22-2)23-15-18-7-4-5-8-19(18)17-30(27,28)26-11-13-29-14-12-26;/h4-5,7-8,20H,3,6,9-17H2,1-2H3,(H2,22,23,24);1H. The molecule has 0 radical (unpaired) electrons. The van der Waals surface area contributed by atoms with E-state index in [1.165, 1.54) is 23.7 Å². The minimum atomic E-state index is -3.36. The predicted molar refractivity (Wildman–Crippen MR) is 135 cm³/mol. The minimum Gasteiger partial charge on any atom is -0.379 e. The number of rotatable bonds is 8. The molecule has 31 heavy (non-hydrogen) atoms. The fourth-order valence-electron chi connectivity index (χ4n) is 4.14. The lowest BCUT2D eigenvalue weighted by atomic mass is 10.1. The van der Waals surface area contributed by atoms with E-state index in [0.717, 1.165) is 30.2 Å². The summed E-state index contributed by atoms with van der Waals surface area (Å²) in [6.45, 7) is 7.60. The first-order valence-electron chi connectivity index (χ1n) is 10.8. The van der Waals surface area contributed by atoms with Crippen LogP contribution in [0.25, 0.3) is 0 Å². The van der Waals surface area contributed by atoms with Crippen molar-refractivity contribution in [3.05, 3.63) is 35.4 Å². The number of nitrogens with zero attached hydrogens (tertiary/aromatic N) is 3. The third-order valence-electron chi connectivity index (χ3n) is 5.90. The van der Waals surface area contributed by atoms with Crippen LogP contribution in [0.3, 0.4) is 0 Å². The van der Waals surface area contributed by atoms with Crippen LogP contribution in [-0.4, -0.2) is 82.6 Å². The summed E-state index contributed by atoms with van der Waals surface area (Å²) in [6.07, 6.45) is 2.46. The molecule has 0 bridgehead atoms. The number of aliphatic imine (C=N–C) groups is 1. The van der Waals surface area contributed by atoms with Gasteiger partial charge in [0.1, 0.15) is 0 Å². The van der Waals surface area contributed by atoms with Crippen molar-refractivity contribution in [2.24, 2.45) is 4.99 Å². The third kappa shape index (κ3) is 7.55. The second kappa shape index (κ2) is 12.9. The lowest BCUT2D eigenvalue weighted by molar-refractivity contribution is 0.0729. The van der Waals surface area contributed by atoms with E-state index >= 15 is 0 Å². The number of sulfonamides is 1. The van der Waals surface area contributed by atoms with Crippen molar-refractivity contribution in [2.75, 3.05) is 53.0 Å². The van der Waals surface area contributed by atoms with Crippen LogP contribution in [0.1, 0.15) is 30.9 Å². The van der Waals surface area contributed by atoms with E-state index in [1.54, 1.807) is 7.05 Å². The van der Waals surface area contributed by atoms with Crippen LogP contribution in [0.5, 0.6) is 0 Å². The van der Waals surface area contributed by atoms with Gasteiger partial charge in [0.05, 0.1) is 19.0 Å². The highest BCUT2D eigenvalue weighted by Crippen LogP contribution is 2.17. The Morgan fingerprint density at radius 1 is 1.16 bits per heavy atom. The first-order chi connectivity index (χ1) is 14.5. The average molecular weight is 566 g/mol. The second-order valence-corrected chi connectivity index (χ2v) is 9.74.